The number of unbranched alkanes of at least 4 members (excludes halogenated alkanes) is 3. The summed E-state index contributed by atoms with van der Waals surface area (Å²) >= 11 is -2.10. The third-order valence-electron chi connectivity index (χ3n) is 6.14. The van der Waals surface area contributed by atoms with Crippen molar-refractivity contribution in [3.8, 4) is 0 Å². The molecule has 0 aromatic heterocycles. The van der Waals surface area contributed by atoms with Crippen LogP contribution in [0.25, 0.3) is 5.57 Å². The quantitative estimate of drug-likeness (QED) is 0.284. The van der Waals surface area contributed by atoms with Gasteiger partial charge in [0.2, 0.25) is 0 Å². The van der Waals surface area contributed by atoms with Gasteiger partial charge in [0.15, 0.2) is 0 Å². The Morgan fingerprint density at radius 3 is 1.92 bits per heavy atom. The normalized spacial score (nSPS) is 18.9. The Balaban J connectivity index is 2.30. The summed E-state index contributed by atoms with van der Waals surface area (Å²) in [4.78, 5) is 0. The molecular formula is C24H38Sn. The van der Waals surface area contributed by atoms with Crippen LogP contribution in [-0.2, 0) is 0 Å². The van der Waals surface area contributed by atoms with Gasteiger partial charge in [-0.15, -0.1) is 0 Å². The molecule has 0 bridgehead atoms. The van der Waals surface area contributed by atoms with Gasteiger partial charge in [0.05, 0.1) is 0 Å². The standard InChI is InChI=1S/C12H11.3C4H9.Sn/c1-2-12(11-8-9-11)10-6-4-3-5-7-10;3*1-3-4-2;/h2-8H,1,9H2;3*1,3-4H2,2H3;/b12-11-;;;;. The second kappa shape index (κ2) is 10.6. The summed E-state index contributed by atoms with van der Waals surface area (Å²) in [5, 5.41) is 0. The maximum atomic E-state index is 4.17. The van der Waals surface area contributed by atoms with Crippen LogP contribution in [0.15, 0.2) is 48.6 Å². The van der Waals surface area contributed by atoms with Crippen LogP contribution in [-0.4, -0.2) is 18.4 Å². The Hall–Kier alpha value is -0.501. The zero-order valence-electron chi connectivity index (χ0n) is 16.8. The molecule has 0 nitrogen and oxygen atoms in total. The van der Waals surface area contributed by atoms with Gasteiger partial charge in [0, 0.05) is 0 Å². The van der Waals surface area contributed by atoms with E-state index in [0.29, 0.717) is 0 Å². The summed E-state index contributed by atoms with van der Waals surface area (Å²) in [6.07, 6.45) is 12.1. The molecule has 0 amide bonds. The first kappa shape index (κ1) is 20.8. The van der Waals surface area contributed by atoms with Crippen molar-refractivity contribution in [3.63, 3.8) is 0 Å². The van der Waals surface area contributed by atoms with Crippen molar-refractivity contribution < 1.29 is 0 Å². The monoisotopic (exact) mass is 446 g/mol. The zero-order chi connectivity index (χ0) is 18.1. The molecule has 0 N–H and O–H groups in total. The van der Waals surface area contributed by atoms with Gasteiger partial charge in [-0.1, -0.05) is 0 Å². The fourth-order valence-corrected chi connectivity index (χ4v) is 23.2. The Labute approximate surface area is 160 Å². The van der Waals surface area contributed by atoms with Crippen LogP contribution < -0.4 is 0 Å². The molecule has 1 aliphatic rings. The van der Waals surface area contributed by atoms with Gasteiger partial charge >= 0.3 is 161 Å². The molecule has 1 aliphatic carbocycles. The van der Waals surface area contributed by atoms with Crippen molar-refractivity contribution in [2.45, 2.75) is 83.0 Å². The SMILES string of the molecule is C=C/C(=C1/C[CH]1[Sn]([CH2]CCC)([CH2]CCC)[CH2]CCC)c1ccccc1. The molecular weight excluding hydrogens is 407 g/mol. The van der Waals surface area contributed by atoms with Crippen LogP contribution in [0, 0.1) is 0 Å². The molecule has 0 aliphatic heterocycles. The first-order valence-corrected chi connectivity index (χ1v) is 18.3. The Morgan fingerprint density at radius 1 is 0.960 bits per heavy atom. The topological polar surface area (TPSA) is 0 Å². The molecule has 1 atom stereocenters. The molecule has 1 heteroatoms. The molecule has 0 heterocycles. The summed E-state index contributed by atoms with van der Waals surface area (Å²) in [5.74, 6) is 0. The van der Waals surface area contributed by atoms with E-state index in [1.165, 1.54) is 56.1 Å². The van der Waals surface area contributed by atoms with Crippen molar-refractivity contribution in [2.75, 3.05) is 0 Å². The molecule has 0 saturated heterocycles. The van der Waals surface area contributed by atoms with Crippen molar-refractivity contribution in [3.05, 3.63) is 54.1 Å². The molecule has 1 aromatic rings. The fraction of sp³-hybridized carbons (Fsp3) is 0.583. The van der Waals surface area contributed by atoms with E-state index in [1.54, 1.807) is 18.9 Å². The van der Waals surface area contributed by atoms with Crippen molar-refractivity contribution in [1.29, 1.82) is 0 Å². The van der Waals surface area contributed by atoms with E-state index in [-0.39, 0.29) is 0 Å². The number of rotatable bonds is 12. The van der Waals surface area contributed by atoms with Crippen molar-refractivity contribution in [2.24, 2.45) is 0 Å². The maximum absolute atomic E-state index is 4.17. The van der Waals surface area contributed by atoms with Gasteiger partial charge in [0.25, 0.3) is 0 Å². The summed E-state index contributed by atoms with van der Waals surface area (Å²) in [5.41, 5.74) is 4.63. The molecule has 25 heavy (non-hydrogen) atoms. The van der Waals surface area contributed by atoms with Crippen molar-refractivity contribution in [1.82, 2.24) is 0 Å². The van der Waals surface area contributed by atoms with Gasteiger partial charge in [-0.25, -0.2) is 0 Å². The molecule has 138 valence electrons. The molecule has 1 saturated carbocycles. The molecule has 1 unspecified atom stereocenters. The van der Waals surface area contributed by atoms with E-state index in [0.717, 1.165) is 3.93 Å². The number of benzene rings is 1. The number of hydrogen-bond acceptors (Lipinski definition) is 0. The van der Waals surface area contributed by atoms with E-state index >= 15 is 0 Å². The Kier molecular flexibility index (Phi) is 8.82. The predicted molar refractivity (Wildman–Crippen MR) is 117 cm³/mol. The minimum atomic E-state index is -2.10. The molecule has 1 fully saturated rings. The summed E-state index contributed by atoms with van der Waals surface area (Å²) in [7, 11) is 0. The first-order chi connectivity index (χ1) is 12.2. The van der Waals surface area contributed by atoms with Crippen LogP contribution >= 0.6 is 0 Å². The van der Waals surface area contributed by atoms with Gasteiger partial charge in [-0.05, 0) is 0 Å². The van der Waals surface area contributed by atoms with Gasteiger partial charge in [-0.3, -0.25) is 0 Å². The van der Waals surface area contributed by atoms with E-state index in [4.69, 9.17) is 0 Å². The third-order valence-corrected chi connectivity index (χ3v) is 23.5. The van der Waals surface area contributed by atoms with Crippen molar-refractivity contribution >= 4 is 24.0 Å². The van der Waals surface area contributed by atoms with Gasteiger partial charge in [0.1, 0.15) is 0 Å². The minimum absolute atomic E-state index is 1.01. The van der Waals surface area contributed by atoms with Crippen LogP contribution in [0.2, 0.25) is 17.2 Å². The molecule has 2 rings (SSSR count). The summed E-state index contributed by atoms with van der Waals surface area (Å²) in [6, 6.07) is 11.0. The predicted octanol–water partition coefficient (Wildman–Crippen LogP) is 8.25. The zero-order valence-corrected chi connectivity index (χ0v) is 19.7. The Morgan fingerprint density at radius 2 is 1.48 bits per heavy atom. The second-order valence-electron chi connectivity index (χ2n) is 7.94. The van der Waals surface area contributed by atoms with Crippen LogP contribution in [0.1, 0.15) is 71.3 Å². The van der Waals surface area contributed by atoms with Gasteiger partial charge < -0.3 is 0 Å². The van der Waals surface area contributed by atoms with E-state index in [2.05, 4.69) is 63.8 Å². The summed E-state index contributed by atoms with van der Waals surface area (Å²) < 4.78 is 5.88. The van der Waals surface area contributed by atoms with E-state index < -0.39 is 18.4 Å². The average Bonchev–Trinajstić information content (AvgIpc) is 3.44. The van der Waals surface area contributed by atoms with Crippen LogP contribution in [0.3, 0.4) is 0 Å². The second-order valence-corrected chi connectivity index (χ2v) is 22.0. The van der Waals surface area contributed by atoms with Crippen LogP contribution in [0.5, 0.6) is 0 Å². The Bertz CT molecular complexity index is 533. The van der Waals surface area contributed by atoms with E-state index in [9.17, 15) is 0 Å². The van der Waals surface area contributed by atoms with E-state index in [1.807, 2.05) is 0 Å². The first-order valence-electron chi connectivity index (χ1n) is 10.6. The molecule has 0 radical (unpaired) electrons. The average molecular weight is 445 g/mol. The van der Waals surface area contributed by atoms with Gasteiger partial charge in [-0.2, -0.15) is 0 Å². The number of hydrogen-bond donors (Lipinski definition) is 0. The third kappa shape index (κ3) is 5.48. The van der Waals surface area contributed by atoms with Crippen LogP contribution in [0.4, 0.5) is 0 Å². The molecule has 0 spiro atoms. The number of allylic oxidation sites excluding steroid dienone is 3. The summed E-state index contributed by atoms with van der Waals surface area (Å²) in [6.45, 7) is 11.3. The molecule has 1 aromatic carbocycles. The fourth-order valence-electron chi connectivity index (χ4n) is 4.58.